The summed E-state index contributed by atoms with van der Waals surface area (Å²) in [7, 11) is 1.83. The summed E-state index contributed by atoms with van der Waals surface area (Å²) in [5.41, 5.74) is 5.31. The van der Waals surface area contributed by atoms with E-state index in [1.54, 1.807) is 7.11 Å². The van der Waals surface area contributed by atoms with Crippen molar-refractivity contribution < 1.29 is 8.85 Å². The number of nitrogens with two attached hydrogens (primary N) is 1. The third-order valence-corrected chi connectivity index (χ3v) is 1.80. The van der Waals surface area contributed by atoms with Crippen LogP contribution in [-0.2, 0) is 8.85 Å². The highest BCUT2D eigenvalue weighted by molar-refractivity contribution is 6.17. The molecule has 0 amide bonds. The van der Waals surface area contributed by atoms with Crippen LogP contribution in [-0.4, -0.2) is 43.4 Å². The minimum absolute atomic E-state index is 0.187. The zero-order valence-corrected chi connectivity index (χ0v) is 8.64. The van der Waals surface area contributed by atoms with Gasteiger partial charge in [0.2, 0.25) is 0 Å². The van der Waals surface area contributed by atoms with Gasteiger partial charge in [0.25, 0.3) is 0 Å². The highest BCUT2D eigenvalue weighted by Gasteiger charge is 1.90. The molecule has 0 unspecified atom stereocenters. The lowest BCUT2D eigenvalue weighted by atomic mass is 10.3. The fourth-order valence-corrected chi connectivity index (χ4v) is 1.10. The van der Waals surface area contributed by atoms with Crippen LogP contribution in [0.2, 0.25) is 0 Å². The molecule has 0 aliphatic carbocycles. The molecule has 5 heteroatoms. The Morgan fingerprint density at radius 1 is 1.33 bits per heavy atom. The first-order chi connectivity index (χ1) is 5.91. The molecule has 0 rings (SSSR count). The molecule has 2 radical (unpaired) electrons. The zero-order chi connectivity index (χ0) is 9.07. The molecule has 0 saturated carbocycles. The van der Waals surface area contributed by atoms with Gasteiger partial charge in [0.1, 0.15) is 0 Å². The second kappa shape index (κ2) is 11.1. The van der Waals surface area contributed by atoms with Gasteiger partial charge in [0, 0.05) is 26.8 Å². The summed E-state index contributed by atoms with van der Waals surface area (Å²) in [6.07, 6.45) is 2.21. The van der Waals surface area contributed by atoms with Crippen LogP contribution in [0.3, 0.4) is 0 Å². The lowest BCUT2D eigenvalue weighted by Crippen LogP contribution is -2.23. The topological polar surface area (TPSA) is 56.5 Å². The maximum absolute atomic E-state index is 5.31. The second-order valence-electron chi connectivity index (χ2n) is 2.38. The van der Waals surface area contributed by atoms with E-state index < -0.39 is 0 Å². The van der Waals surface area contributed by atoms with Crippen LogP contribution in [0.25, 0.3) is 0 Å². The molecular weight excluding hydrogens is 172 g/mol. The summed E-state index contributed by atoms with van der Waals surface area (Å²) in [6.45, 7) is 3.43. The van der Waals surface area contributed by atoms with Gasteiger partial charge in [-0.05, 0) is 19.4 Å². The van der Waals surface area contributed by atoms with E-state index in [2.05, 4.69) is 5.32 Å². The molecule has 0 heterocycles. The van der Waals surface area contributed by atoms with Crippen LogP contribution in [0.1, 0.15) is 12.8 Å². The van der Waals surface area contributed by atoms with E-state index in [0.29, 0.717) is 6.54 Å². The van der Waals surface area contributed by atoms with E-state index in [1.165, 1.54) is 0 Å². The molecule has 3 N–H and O–H groups in total. The lowest BCUT2D eigenvalue weighted by molar-refractivity contribution is 0.250. The molecule has 12 heavy (non-hydrogen) atoms. The van der Waals surface area contributed by atoms with Crippen molar-refractivity contribution in [2.75, 3.05) is 33.4 Å². The van der Waals surface area contributed by atoms with Gasteiger partial charge >= 0.3 is 10.0 Å². The predicted molar refractivity (Wildman–Crippen MR) is 49.9 cm³/mol. The monoisotopic (exact) mass is 190 g/mol. The van der Waals surface area contributed by atoms with E-state index in [9.17, 15) is 0 Å². The van der Waals surface area contributed by atoms with Gasteiger partial charge in [-0.3, -0.25) is 0 Å². The van der Waals surface area contributed by atoms with Crippen LogP contribution < -0.4 is 11.1 Å². The molecule has 72 valence electrons. The van der Waals surface area contributed by atoms with Crippen molar-refractivity contribution in [1.29, 1.82) is 0 Å². The Morgan fingerprint density at radius 2 is 2.17 bits per heavy atom. The lowest BCUT2D eigenvalue weighted by Gasteiger charge is -2.02. The first-order valence-corrected chi connectivity index (χ1v) is 5.04. The largest absolute Gasteiger partial charge is 0.433 e. The van der Waals surface area contributed by atoms with E-state index >= 15 is 0 Å². The first-order valence-electron chi connectivity index (χ1n) is 4.22. The van der Waals surface area contributed by atoms with Crippen molar-refractivity contribution in [3.8, 4) is 0 Å². The van der Waals surface area contributed by atoms with E-state index in [1.807, 2.05) is 0 Å². The Hall–Kier alpha value is 0.0569. The second-order valence-corrected chi connectivity index (χ2v) is 3.25. The quantitative estimate of drug-likeness (QED) is 0.380. The fourth-order valence-electron chi connectivity index (χ4n) is 0.752. The predicted octanol–water partition coefficient (Wildman–Crippen LogP) is -0.488. The van der Waals surface area contributed by atoms with E-state index in [-0.39, 0.29) is 10.0 Å². The molecule has 0 aromatic carbocycles. The Labute approximate surface area is 76.9 Å². The maximum atomic E-state index is 5.31. The third kappa shape index (κ3) is 10.1. The smallest absolute Gasteiger partial charge is 0.396 e. The van der Waals surface area contributed by atoms with Gasteiger partial charge in [-0.2, -0.15) is 0 Å². The average Bonchev–Trinajstić information content (AvgIpc) is 2.10. The number of hydrogen-bond acceptors (Lipinski definition) is 4. The Balaban J connectivity index is 2.73. The molecule has 0 spiro atoms. The number of unbranched alkanes of at least 4 members (excludes halogenated alkanes) is 1. The Morgan fingerprint density at radius 3 is 2.83 bits per heavy atom. The average molecular weight is 190 g/mol. The van der Waals surface area contributed by atoms with Gasteiger partial charge in [-0.25, -0.2) is 0 Å². The summed E-state index contributed by atoms with van der Waals surface area (Å²) in [4.78, 5) is 0. The third-order valence-electron chi connectivity index (χ3n) is 1.31. The first kappa shape index (κ1) is 12.1. The molecule has 0 aromatic heterocycles. The van der Waals surface area contributed by atoms with Crippen LogP contribution >= 0.6 is 0 Å². The van der Waals surface area contributed by atoms with Crippen molar-refractivity contribution in [1.82, 2.24) is 5.32 Å². The summed E-state index contributed by atoms with van der Waals surface area (Å²) < 4.78 is 9.90. The molecule has 0 bridgehead atoms. The van der Waals surface area contributed by atoms with Crippen molar-refractivity contribution in [3.63, 3.8) is 0 Å². The Bertz CT molecular complexity index is 75.8. The van der Waals surface area contributed by atoms with Crippen LogP contribution in [0.4, 0.5) is 0 Å². The zero-order valence-electron chi connectivity index (χ0n) is 7.64. The molecule has 0 atom stereocenters. The summed E-state index contributed by atoms with van der Waals surface area (Å²) >= 11 is 0. The summed E-state index contributed by atoms with van der Waals surface area (Å²) in [6, 6.07) is 0. The minimum atomic E-state index is 0.187. The molecule has 0 aromatic rings. The normalized spacial score (nSPS) is 10.5. The van der Waals surface area contributed by atoms with Gasteiger partial charge in [-0.15, -0.1) is 0 Å². The van der Waals surface area contributed by atoms with Crippen LogP contribution in [0.15, 0.2) is 0 Å². The fraction of sp³-hybridized carbons (Fsp3) is 1.00. The molecular formula is C7H18N2O2Si. The van der Waals surface area contributed by atoms with Gasteiger partial charge in [-0.1, -0.05) is 0 Å². The maximum Gasteiger partial charge on any atom is 0.433 e. The Kier molecular flexibility index (Phi) is 11.1. The van der Waals surface area contributed by atoms with Crippen molar-refractivity contribution in [3.05, 3.63) is 0 Å². The van der Waals surface area contributed by atoms with Crippen LogP contribution in [0.5, 0.6) is 0 Å². The van der Waals surface area contributed by atoms with Gasteiger partial charge < -0.3 is 19.9 Å². The molecule has 4 nitrogen and oxygen atoms in total. The van der Waals surface area contributed by atoms with E-state index in [0.717, 1.165) is 32.5 Å². The van der Waals surface area contributed by atoms with Crippen molar-refractivity contribution in [2.45, 2.75) is 12.8 Å². The number of rotatable bonds is 9. The van der Waals surface area contributed by atoms with Crippen molar-refractivity contribution in [2.24, 2.45) is 5.73 Å². The number of hydrogen-bond donors (Lipinski definition) is 2. The standard InChI is InChI=1S/C7H18N2O2Si/c1-10-12-11-7-3-2-5-9-6-4-8/h9H,2-8H2,1H3. The van der Waals surface area contributed by atoms with E-state index in [4.69, 9.17) is 14.6 Å². The van der Waals surface area contributed by atoms with Crippen LogP contribution in [0, 0.1) is 0 Å². The molecule has 0 aliphatic heterocycles. The van der Waals surface area contributed by atoms with Gasteiger partial charge in [0.05, 0.1) is 0 Å². The highest BCUT2D eigenvalue weighted by Crippen LogP contribution is 1.87. The van der Waals surface area contributed by atoms with Crippen molar-refractivity contribution >= 4 is 10.0 Å². The number of nitrogens with one attached hydrogen (secondary N) is 1. The minimum Gasteiger partial charge on any atom is -0.396 e. The SMILES string of the molecule is CO[Si]OCCCCNCCN. The molecule has 0 saturated heterocycles. The highest BCUT2D eigenvalue weighted by atomic mass is 28.3. The molecule has 0 aliphatic rings. The summed E-state index contributed by atoms with van der Waals surface area (Å²) in [5, 5.41) is 3.22. The molecule has 0 fully saturated rings. The summed E-state index contributed by atoms with van der Waals surface area (Å²) in [5.74, 6) is 0. The van der Waals surface area contributed by atoms with Gasteiger partial charge in [0.15, 0.2) is 0 Å².